The summed E-state index contributed by atoms with van der Waals surface area (Å²) >= 11 is 8.03. The van der Waals surface area contributed by atoms with Crippen LogP contribution in [-0.2, 0) is 4.74 Å². The highest BCUT2D eigenvalue weighted by Gasteiger charge is 2.17. The van der Waals surface area contributed by atoms with Crippen LogP contribution in [0.25, 0.3) is 0 Å². The Balaban J connectivity index is 1.96. The van der Waals surface area contributed by atoms with E-state index in [-0.39, 0.29) is 0 Å². The number of hydrogen-bond donors (Lipinski definition) is 1. The van der Waals surface area contributed by atoms with Gasteiger partial charge in [0.25, 0.3) is 0 Å². The van der Waals surface area contributed by atoms with Gasteiger partial charge < -0.3 is 10.1 Å². The Hall–Kier alpha value is -0.640. The first-order valence-electron chi connectivity index (χ1n) is 7.22. The summed E-state index contributed by atoms with van der Waals surface area (Å²) in [6, 6.07) is 8.40. The standard InChI is InChI=1S/C16H22ClNOS/c1-2-9-18-15(13-6-5-10-19-11-13)12-20-16-8-4-3-7-14(16)17/h3-4,7-8,11,15,18H,2,5-6,9-10,12H2,1H3. The van der Waals surface area contributed by atoms with Gasteiger partial charge in [-0.05, 0) is 43.5 Å². The minimum Gasteiger partial charge on any atom is -0.501 e. The zero-order valence-corrected chi connectivity index (χ0v) is 13.5. The van der Waals surface area contributed by atoms with E-state index >= 15 is 0 Å². The largest absolute Gasteiger partial charge is 0.501 e. The molecule has 1 aliphatic rings. The molecule has 1 N–H and O–H groups in total. The van der Waals surface area contributed by atoms with Crippen LogP contribution in [0.4, 0.5) is 0 Å². The summed E-state index contributed by atoms with van der Waals surface area (Å²) in [5.41, 5.74) is 1.38. The van der Waals surface area contributed by atoms with Crippen molar-refractivity contribution in [3.63, 3.8) is 0 Å². The van der Waals surface area contributed by atoms with Gasteiger partial charge in [-0.3, -0.25) is 0 Å². The van der Waals surface area contributed by atoms with Gasteiger partial charge in [0.15, 0.2) is 0 Å². The van der Waals surface area contributed by atoms with Crippen molar-refractivity contribution in [1.29, 1.82) is 0 Å². The summed E-state index contributed by atoms with van der Waals surface area (Å²) in [6.45, 7) is 4.07. The van der Waals surface area contributed by atoms with Gasteiger partial charge in [0.2, 0.25) is 0 Å². The van der Waals surface area contributed by atoms with Crippen molar-refractivity contribution in [1.82, 2.24) is 5.32 Å². The van der Waals surface area contributed by atoms with Crippen LogP contribution in [0, 0.1) is 0 Å². The first-order valence-corrected chi connectivity index (χ1v) is 8.59. The molecule has 0 spiro atoms. The highest BCUT2D eigenvalue weighted by Crippen LogP contribution is 2.29. The van der Waals surface area contributed by atoms with Gasteiger partial charge >= 0.3 is 0 Å². The first kappa shape index (κ1) is 15.7. The van der Waals surface area contributed by atoms with Gasteiger partial charge in [-0.15, -0.1) is 11.8 Å². The van der Waals surface area contributed by atoms with Crippen molar-refractivity contribution in [2.75, 3.05) is 18.9 Å². The summed E-state index contributed by atoms with van der Waals surface area (Å²) in [5.74, 6) is 0.985. The van der Waals surface area contributed by atoms with E-state index in [1.807, 2.05) is 36.2 Å². The summed E-state index contributed by atoms with van der Waals surface area (Å²) in [5, 5.41) is 4.45. The molecule has 20 heavy (non-hydrogen) atoms. The quantitative estimate of drug-likeness (QED) is 0.749. The van der Waals surface area contributed by atoms with Crippen molar-refractivity contribution in [3.8, 4) is 0 Å². The fraction of sp³-hybridized carbons (Fsp3) is 0.500. The van der Waals surface area contributed by atoms with Crippen molar-refractivity contribution in [3.05, 3.63) is 41.1 Å². The van der Waals surface area contributed by atoms with Crippen molar-refractivity contribution >= 4 is 23.4 Å². The van der Waals surface area contributed by atoms with Gasteiger partial charge in [-0.2, -0.15) is 0 Å². The summed E-state index contributed by atoms with van der Waals surface area (Å²) in [6.07, 6.45) is 5.34. The van der Waals surface area contributed by atoms with E-state index in [4.69, 9.17) is 16.3 Å². The third kappa shape index (κ3) is 4.72. The van der Waals surface area contributed by atoms with E-state index in [2.05, 4.69) is 18.3 Å². The molecule has 4 heteroatoms. The fourth-order valence-corrected chi connectivity index (χ4v) is 3.55. The van der Waals surface area contributed by atoms with E-state index in [0.29, 0.717) is 6.04 Å². The second-order valence-electron chi connectivity index (χ2n) is 4.92. The molecule has 0 aromatic heterocycles. The lowest BCUT2D eigenvalue weighted by Crippen LogP contribution is -2.34. The normalized spacial score (nSPS) is 16.4. The van der Waals surface area contributed by atoms with Crippen LogP contribution in [0.2, 0.25) is 5.02 Å². The number of ether oxygens (including phenoxy) is 1. The molecule has 0 radical (unpaired) electrons. The molecule has 0 saturated carbocycles. The molecular formula is C16H22ClNOS. The maximum atomic E-state index is 6.22. The third-order valence-electron chi connectivity index (χ3n) is 3.29. The molecule has 0 saturated heterocycles. The second-order valence-corrected chi connectivity index (χ2v) is 6.38. The smallest absolute Gasteiger partial charge is 0.0876 e. The molecule has 1 aliphatic heterocycles. The summed E-state index contributed by atoms with van der Waals surface area (Å²) in [7, 11) is 0. The molecule has 2 nitrogen and oxygen atoms in total. The average molecular weight is 312 g/mol. The van der Waals surface area contributed by atoms with Crippen LogP contribution < -0.4 is 5.32 Å². The number of rotatable bonds is 7. The molecular weight excluding hydrogens is 290 g/mol. The molecule has 1 aromatic rings. The molecule has 0 aliphatic carbocycles. The molecule has 0 bridgehead atoms. The van der Waals surface area contributed by atoms with Gasteiger partial charge in [0.05, 0.1) is 17.9 Å². The lowest BCUT2D eigenvalue weighted by Gasteiger charge is -2.24. The van der Waals surface area contributed by atoms with Crippen molar-refractivity contribution in [2.45, 2.75) is 37.1 Å². The van der Waals surface area contributed by atoms with E-state index in [1.165, 1.54) is 5.57 Å². The Morgan fingerprint density at radius 2 is 2.25 bits per heavy atom. The highest BCUT2D eigenvalue weighted by molar-refractivity contribution is 7.99. The number of benzene rings is 1. The van der Waals surface area contributed by atoms with Crippen LogP contribution in [0.15, 0.2) is 41.0 Å². The lowest BCUT2D eigenvalue weighted by molar-refractivity contribution is 0.220. The van der Waals surface area contributed by atoms with Gasteiger partial charge in [-0.1, -0.05) is 30.7 Å². The Bertz CT molecular complexity index is 450. The number of hydrogen-bond acceptors (Lipinski definition) is 3. The number of nitrogens with one attached hydrogen (secondary N) is 1. The van der Waals surface area contributed by atoms with Crippen LogP contribution in [0.5, 0.6) is 0 Å². The van der Waals surface area contributed by atoms with Gasteiger partial charge in [0.1, 0.15) is 0 Å². The molecule has 110 valence electrons. The van der Waals surface area contributed by atoms with Crippen molar-refractivity contribution in [2.24, 2.45) is 0 Å². The van der Waals surface area contributed by atoms with E-state index in [1.54, 1.807) is 0 Å². The minimum absolute atomic E-state index is 0.372. The third-order valence-corrected chi connectivity index (χ3v) is 4.90. The van der Waals surface area contributed by atoms with E-state index < -0.39 is 0 Å². The van der Waals surface area contributed by atoms with Crippen LogP contribution in [0.3, 0.4) is 0 Å². The molecule has 1 unspecified atom stereocenters. The van der Waals surface area contributed by atoms with Crippen LogP contribution in [-0.4, -0.2) is 24.9 Å². The molecule has 1 aromatic carbocycles. The zero-order valence-electron chi connectivity index (χ0n) is 11.9. The lowest BCUT2D eigenvalue weighted by atomic mass is 10.0. The molecule has 2 rings (SSSR count). The summed E-state index contributed by atoms with van der Waals surface area (Å²) < 4.78 is 5.48. The molecule has 0 fully saturated rings. The fourth-order valence-electron chi connectivity index (χ4n) is 2.19. The van der Waals surface area contributed by atoms with Gasteiger partial charge in [0, 0.05) is 16.7 Å². The molecule has 0 amide bonds. The first-order chi connectivity index (χ1) is 9.81. The predicted molar refractivity (Wildman–Crippen MR) is 87.5 cm³/mol. The van der Waals surface area contributed by atoms with Crippen molar-refractivity contribution < 1.29 is 4.74 Å². The predicted octanol–water partition coefficient (Wildman–Crippen LogP) is 4.49. The Kier molecular flexibility index (Phi) is 6.77. The average Bonchev–Trinajstić information content (AvgIpc) is 2.50. The number of halogens is 1. The maximum absolute atomic E-state index is 6.22. The monoisotopic (exact) mass is 311 g/mol. The zero-order chi connectivity index (χ0) is 14.2. The molecule has 1 atom stereocenters. The van der Waals surface area contributed by atoms with Crippen LogP contribution in [0.1, 0.15) is 26.2 Å². The Labute approximate surface area is 130 Å². The molecule has 1 heterocycles. The number of thioether (sulfide) groups is 1. The van der Waals surface area contributed by atoms with E-state index in [0.717, 1.165) is 48.1 Å². The van der Waals surface area contributed by atoms with Crippen LogP contribution >= 0.6 is 23.4 Å². The minimum atomic E-state index is 0.372. The highest BCUT2D eigenvalue weighted by atomic mass is 35.5. The second kappa shape index (κ2) is 8.60. The Morgan fingerprint density at radius 1 is 1.40 bits per heavy atom. The Morgan fingerprint density at radius 3 is 2.95 bits per heavy atom. The maximum Gasteiger partial charge on any atom is 0.0876 e. The SMILES string of the molecule is CCCNC(CSc1ccccc1Cl)C1=COCCC1. The summed E-state index contributed by atoms with van der Waals surface area (Å²) in [4.78, 5) is 1.15. The van der Waals surface area contributed by atoms with E-state index in [9.17, 15) is 0 Å². The van der Waals surface area contributed by atoms with Gasteiger partial charge in [-0.25, -0.2) is 0 Å². The topological polar surface area (TPSA) is 21.3 Å².